The van der Waals surface area contributed by atoms with Crippen LogP contribution in [0.15, 0.2) is 60.9 Å². The van der Waals surface area contributed by atoms with E-state index in [1.807, 2.05) is 60.3 Å². The molecule has 0 saturated carbocycles. The van der Waals surface area contributed by atoms with Crippen LogP contribution in [0.2, 0.25) is 0 Å². The fraction of sp³-hybridized carbons (Fsp3) is 0.273. The predicted molar refractivity (Wildman–Crippen MR) is 109 cm³/mol. The van der Waals surface area contributed by atoms with E-state index >= 15 is 0 Å². The third kappa shape index (κ3) is 4.41. The van der Waals surface area contributed by atoms with Crippen molar-refractivity contribution in [2.24, 2.45) is 7.05 Å². The summed E-state index contributed by atoms with van der Waals surface area (Å²) >= 11 is 0. The van der Waals surface area contributed by atoms with E-state index in [4.69, 9.17) is 14.2 Å². The minimum Gasteiger partial charge on any atom is -0.493 e. The molecule has 2 aromatic carbocycles. The Kier molecular flexibility index (Phi) is 6.51. The molecule has 2 atom stereocenters. The molecule has 0 aliphatic rings. The first-order chi connectivity index (χ1) is 14.1. The number of amides is 1. The number of carbonyl (C=O) groups is 1. The molecule has 1 amide bonds. The first kappa shape index (κ1) is 20.4. The van der Waals surface area contributed by atoms with Crippen molar-refractivity contribution in [3.63, 3.8) is 0 Å². The SMILES string of the molecule is COc1ccc([C@@H](NC(=O)[C@@H](OC)c2ccccc2)c2nccn2C)cc1OC. The molecule has 0 bridgehead atoms. The number of rotatable bonds is 8. The molecular formula is C22H25N3O4. The quantitative estimate of drug-likeness (QED) is 0.635. The molecule has 1 N–H and O–H groups in total. The average molecular weight is 395 g/mol. The zero-order chi connectivity index (χ0) is 20.8. The zero-order valence-corrected chi connectivity index (χ0v) is 17.0. The summed E-state index contributed by atoms with van der Waals surface area (Å²) in [5.74, 6) is 1.61. The van der Waals surface area contributed by atoms with Crippen LogP contribution in [0.5, 0.6) is 11.5 Å². The van der Waals surface area contributed by atoms with Gasteiger partial charge in [0.1, 0.15) is 11.9 Å². The Morgan fingerprint density at radius 3 is 2.31 bits per heavy atom. The van der Waals surface area contributed by atoms with Gasteiger partial charge in [0.25, 0.3) is 5.91 Å². The molecule has 0 unspecified atom stereocenters. The van der Waals surface area contributed by atoms with Gasteiger partial charge in [0.15, 0.2) is 17.6 Å². The second-order valence-corrected chi connectivity index (χ2v) is 6.48. The number of nitrogens with zero attached hydrogens (tertiary/aromatic N) is 2. The number of nitrogens with one attached hydrogen (secondary N) is 1. The molecule has 1 aromatic heterocycles. The average Bonchev–Trinajstić information content (AvgIpc) is 3.18. The lowest BCUT2D eigenvalue weighted by Gasteiger charge is -2.23. The van der Waals surface area contributed by atoms with E-state index in [0.29, 0.717) is 17.3 Å². The first-order valence-electron chi connectivity index (χ1n) is 9.16. The smallest absolute Gasteiger partial charge is 0.254 e. The van der Waals surface area contributed by atoms with Crippen LogP contribution >= 0.6 is 0 Å². The summed E-state index contributed by atoms with van der Waals surface area (Å²) in [6.45, 7) is 0. The minimum atomic E-state index is -0.737. The third-order valence-corrected chi connectivity index (χ3v) is 4.72. The van der Waals surface area contributed by atoms with Crippen LogP contribution in [0.25, 0.3) is 0 Å². The molecule has 7 nitrogen and oxygen atoms in total. The molecule has 7 heteroatoms. The summed E-state index contributed by atoms with van der Waals surface area (Å²) in [5, 5.41) is 3.07. The number of aryl methyl sites for hydroxylation is 1. The van der Waals surface area contributed by atoms with Gasteiger partial charge in [0.2, 0.25) is 0 Å². The fourth-order valence-corrected chi connectivity index (χ4v) is 3.22. The monoisotopic (exact) mass is 395 g/mol. The lowest BCUT2D eigenvalue weighted by Crippen LogP contribution is -2.35. The number of aromatic nitrogens is 2. The highest BCUT2D eigenvalue weighted by Gasteiger charge is 2.27. The highest BCUT2D eigenvalue weighted by atomic mass is 16.5. The third-order valence-electron chi connectivity index (χ3n) is 4.72. The lowest BCUT2D eigenvalue weighted by atomic mass is 10.0. The Bertz CT molecular complexity index is 956. The van der Waals surface area contributed by atoms with Gasteiger partial charge in [-0.3, -0.25) is 4.79 Å². The first-order valence-corrected chi connectivity index (χ1v) is 9.16. The van der Waals surface area contributed by atoms with Gasteiger partial charge in [-0.15, -0.1) is 0 Å². The number of carbonyl (C=O) groups excluding carboxylic acids is 1. The molecule has 0 fully saturated rings. The van der Waals surface area contributed by atoms with Gasteiger partial charge in [-0.05, 0) is 23.3 Å². The molecule has 0 aliphatic heterocycles. The maximum absolute atomic E-state index is 13.1. The van der Waals surface area contributed by atoms with Crippen molar-refractivity contribution in [2.75, 3.05) is 21.3 Å². The van der Waals surface area contributed by atoms with E-state index in [1.54, 1.807) is 26.5 Å². The number of benzene rings is 2. The molecule has 3 rings (SSSR count). The van der Waals surface area contributed by atoms with E-state index in [0.717, 1.165) is 11.1 Å². The minimum absolute atomic E-state index is 0.263. The largest absolute Gasteiger partial charge is 0.493 e. The highest BCUT2D eigenvalue weighted by molar-refractivity contribution is 5.83. The summed E-state index contributed by atoms with van der Waals surface area (Å²) in [7, 11) is 6.56. The van der Waals surface area contributed by atoms with Gasteiger partial charge in [0.05, 0.1) is 14.2 Å². The molecular weight excluding hydrogens is 370 g/mol. The number of imidazole rings is 1. The second-order valence-electron chi connectivity index (χ2n) is 6.48. The van der Waals surface area contributed by atoms with Gasteiger partial charge < -0.3 is 24.1 Å². The molecule has 1 heterocycles. The summed E-state index contributed by atoms with van der Waals surface area (Å²) in [5.41, 5.74) is 1.59. The van der Waals surface area contributed by atoms with E-state index < -0.39 is 12.1 Å². The summed E-state index contributed by atoms with van der Waals surface area (Å²) < 4.78 is 18.1. The van der Waals surface area contributed by atoms with E-state index in [1.165, 1.54) is 7.11 Å². The standard InChI is InChI=1S/C22H25N3O4/c1-25-13-12-23-21(25)19(16-10-11-17(27-2)18(14-16)28-3)24-22(26)20(29-4)15-8-6-5-7-9-15/h5-14,19-20H,1-4H3,(H,24,26)/t19-,20+/m1/s1. The molecule has 0 radical (unpaired) electrons. The maximum atomic E-state index is 13.1. The van der Waals surface area contributed by atoms with Crippen molar-refractivity contribution in [1.82, 2.24) is 14.9 Å². The van der Waals surface area contributed by atoms with Gasteiger partial charge in [-0.25, -0.2) is 4.98 Å². The van der Waals surface area contributed by atoms with Crippen LogP contribution in [-0.4, -0.2) is 36.8 Å². The summed E-state index contributed by atoms with van der Waals surface area (Å²) in [4.78, 5) is 17.6. The van der Waals surface area contributed by atoms with Crippen LogP contribution in [0.1, 0.15) is 29.1 Å². The number of ether oxygens (including phenoxy) is 3. The number of methoxy groups -OCH3 is 3. The Hall–Kier alpha value is -3.32. The lowest BCUT2D eigenvalue weighted by molar-refractivity contribution is -0.132. The topological polar surface area (TPSA) is 74.6 Å². The van der Waals surface area contributed by atoms with Crippen LogP contribution in [0.4, 0.5) is 0 Å². The predicted octanol–water partition coefficient (Wildman–Crippen LogP) is 3.03. The number of hydrogen-bond donors (Lipinski definition) is 1. The van der Waals surface area contributed by atoms with Gasteiger partial charge in [0, 0.05) is 26.6 Å². The van der Waals surface area contributed by atoms with Crippen molar-refractivity contribution in [2.45, 2.75) is 12.1 Å². The molecule has 152 valence electrons. The molecule has 0 spiro atoms. The van der Waals surface area contributed by atoms with Crippen LogP contribution < -0.4 is 14.8 Å². The summed E-state index contributed by atoms with van der Waals surface area (Å²) in [6, 6.07) is 14.4. The highest BCUT2D eigenvalue weighted by Crippen LogP contribution is 2.32. The maximum Gasteiger partial charge on any atom is 0.254 e. The second kappa shape index (κ2) is 9.25. The molecule has 3 aromatic rings. The van der Waals surface area contributed by atoms with Crippen LogP contribution in [0, 0.1) is 0 Å². The molecule has 0 saturated heterocycles. The van der Waals surface area contributed by atoms with Crippen molar-refractivity contribution in [3.05, 3.63) is 77.9 Å². The number of hydrogen-bond acceptors (Lipinski definition) is 5. The van der Waals surface area contributed by atoms with E-state index in [-0.39, 0.29) is 5.91 Å². The van der Waals surface area contributed by atoms with Crippen LogP contribution in [0.3, 0.4) is 0 Å². The Morgan fingerprint density at radius 1 is 1.00 bits per heavy atom. The van der Waals surface area contributed by atoms with E-state index in [2.05, 4.69) is 10.3 Å². The zero-order valence-electron chi connectivity index (χ0n) is 17.0. The van der Waals surface area contributed by atoms with Crippen molar-refractivity contribution >= 4 is 5.91 Å². The van der Waals surface area contributed by atoms with Gasteiger partial charge >= 0.3 is 0 Å². The Morgan fingerprint density at radius 2 is 1.72 bits per heavy atom. The molecule has 0 aliphatic carbocycles. The van der Waals surface area contributed by atoms with Crippen molar-refractivity contribution < 1.29 is 19.0 Å². The Balaban J connectivity index is 1.97. The molecule has 29 heavy (non-hydrogen) atoms. The normalized spacial score (nSPS) is 12.8. The Labute approximate surface area is 170 Å². The van der Waals surface area contributed by atoms with Crippen LogP contribution in [-0.2, 0) is 16.6 Å². The van der Waals surface area contributed by atoms with Gasteiger partial charge in [-0.2, -0.15) is 0 Å². The van der Waals surface area contributed by atoms with Crippen molar-refractivity contribution in [1.29, 1.82) is 0 Å². The van der Waals surface area contributed by atoms with E-state index in [9.17, 15) is 4.79 Å². The van der Waals surface area contributed by atoms with Crippen molar-refractivity contribution in [3.8, 4) is 11.5 Å². The van der Waals surface area contributed by atoms with Gasteiger partial charge in [-0.1, -0.05) is 36.4 Å². The fourth-order valence-electron chi connectivity index (χ4n) is 3.22. The summed E-state index contributed by atoms with van der Waals surface area (Å²) in [6.07, 6.45) is 2.79.